The zero-order valence-electron chi connectivity index (χ0n) is 4.50. The van der Waals surface area contributed by atoms with Gasteiger partial charge < -0.3 is 15.0 Å². The first-order valence-corrected chi connectivity index (χ1v) is 1.87. The van der Waals surface area contributed by atoms with Crippen LogP contribution in [0.5, 0.6) is 0 Å². The number of carbonyl (C=O) groups is 2. The summed E-state index contributed by atoms with van der Waals surface area (Å²) < 4.78 is 0. The minimum Gasteiger partial charge on any atom is -0.481 e. The molecular formula is C4H8O4. The molecule has 0 saturated heterocycles. The normalized spacial score (nSPS) is 6.25. The van der Waals surface area contributed by atoms with E-state index in [1.54, 1.807) is 0 Å². The van der Waals surface area contributed by atoms with Crippen molar-refractivity contribution in [3.63, 3.8) is 0 Å². The van der Waals surface area contributed by atoms with E-state index in [9.17, 15) is 9.59 Å². The van der Waals surface area contributed by atoms with Gasteiger partial charge in [0.15, 0.2) is 0 Å². The standard InChI is InChI=1S/C3H4O3.CH4O/c4-2-1-3(5)6;1-2/h2H,1H2,(H,5,6);2H,1H3. The van der Waals surface area contributed by atoms with E-state index < -0.39 is 5.97 Å². The fourth-order valence-electron chi connectivity index (χ4n) is 0.0713. The SMILES string of the molecule is CO.O=CCC(=O)O. The molecule has 0 unspecified atom stereocenters. The van der Waals surface area contributed by atoms with Gasteiger partial charge in [-0.3, -0.25) is 4.79 Å². The highest BCUT2D eigenvalue weighted by Crippen LogP contribution is 1.64. The maximum Gasteiger partial charge on any atom is 0.310 e. The Hall–Kier alpha value is -0.900. The minimum atomic E-state index is -1.08. The third-order valence-electron chi connectivity index (χ3n) is 0.258. The highest BCUT2D eigenvalue weighted by atomic mass is 16.4. The van der Waals surface area contributed by atoms with Crippen molar-refractivity contribution >= 4 is 12.3 Å². The third kappa shape index (κ3) is 19.4. The summed E-state index contributed by atoms with van der Waals surface area (Å²) in [5.74, 6) is -1.08. The summed E-state index contributed by atoms with van der Waals surface area (Å²) in [6.45, 7) is 0. The van der Waals surface area contributed by atoms with Gasteiger partial charge in [-0.25, -0.2) is 0 Å². The van der Waals surface area contributed by atoms with Gasteiger partial charge in [-0.05, 0) is 0 Å². The van der Waals surface area contributed by atoms with E-state index in [2.05, 4.69) is 0 Å². The van der Waals surface area contributed by atoms with Gasteiger partial charge in [0.05, 0.1) is 0 Å². The van der Waals surface area contributed by atoms with Gasteiger partial charge in [0.25, 0.3) is 0 Å². The Morgan fingerprint density at radius 3 is 2.00 bits per heavy atom. The highest BCUT2D eigenvalue weighted by Gasteiger charge is 1.87. The summed E-state index contributed by atoms with van der Waals surface area (Å²) in [7, 11) is 1.00. The lowest BCUT2D eigenvalue weighted by Crippen LogP contribution is -1.92. The second kappa shape index (κ2) is 9.44. The molecule has 0 aromatic carbocycles. The van der Waals surface area contributed by atoms with Crippen LogP contribution in [0, 0.1) is 0 Å². The zero-order chi connectivity index (χ0) is 6.99. The van der Waals surface area contributed by atoms with Gasteiger partial charge in [-0.2, -0.15) is 0 Å². The van der Waals surface area contributed by atoms with Crippen molar-refractivity contribution in [2.45, 2.75) is 6.42 Å². The lowest BCUT2D eigenvalue weighted by molar-refractivity contribution is -0.138. The van der Waals surface area contributed by atoms with Crippen molar-refractivity contribution < 1.29 is 19.8 Å². The second-order valence-corrected chi connectivity index (χ2v) is 0.765. The summed E-state index contributed by atoms with van der Waals surface area (Å²) in [5, 5.41) is 14.7. The Morgan fingerprint density at radius 2 is 2.00 bits per heavy atom. The van der Waals surface area contributed by atoms with Crippen LogP contribution in [0.3, 0.4) is 0 Å². The van der Waals surface area contributed by atoms with Gasteiger partial charge in [-0.1, -0.05) is 0 Å². The number of hydrogen-bond acceptors (Lipinski definition) is 3. The largest absolute Gasteiger partial charge is 0.481 e. The number of rotatable bonds is 2. The number of carboxylic acid groups (broad SMARTS) is 1. The van der Waals surface area contributed by atoms with Crippen LogP contribution in [-0.4, -0.2) is 29.6 Å². The number of aliphatic carboxylic acids is 1. The predicted octanol–water partition coefficient (Wildman–Crippen LogP) is -0.732. The molecule has 0 spiro atoms. The summed E-state index contributed by atoms with van der Waals surface area (Å²) >= 11 is 0. The average Bonchev–Trinajstić information content (AvgIpc) is 1.72. The van der Waals surface area contributed by atoms with Gasteiger partial charge >= 0.3 is 5.97 Å². The number of aliphatic hydroxyl groups is 1. The van der Waals surface area contributed by atoms with Gasteiger partial charge in [-0.15, -0.1) is 0 Å². The van der Waals surface area contributed by atoms with Crippen molar-refractivity contribution in [1.29, 1.82) is 0 Å². The Morgan fingerprint density at radius 1 is 1.62 bits per heavy atom. The molecule has 48 valence electrons. The summed E-state index contributed by atoms with van der Waals surface area (Å²) in [4.78, 5) is 18.6. The lowest BCUT2D eigenvalue weighted by Gasteiger charge is -1.71. The van der Waals surface area contributed by atoms with Crippen LogP contribution in [0.15, 0.2) is 0 Å². The number of carboxylic acids is 1. The Kier molecular flexibility index (Phi) is 12.0. The summed E-state index contributed by atoms with van der Waals surface area (Å²) in [6.07, 6.45) is -0.0394. The number of aliphatic hydroxyl groups excluding tert-OH is 1. The topological polar surface area (TPSA) is 74.6 Å². The van der Waals surface area contributed by atoms with Crippen LogP contribution >= 0.6 is 0 Å². The van der Waals surface area contributed by atoms with E-state index in [1.165, 1.54) is 0 Å². The molecule has 8 heavy (non-hydrogen) atoms. The molecular weight excluding hydrogens is 112 g/mol. The highest BCUT2D eigenvalue weighted by molar-refractivity contribution is 5.81. The molecule has 0 rings (SSSR count). The Bertz CT molecular complexity index is 68.4. The van der Waals surface area contributed by atoms with E-state index in [4.69, 9.17) is 10.2 Å². The molecule has 0 atom stereocenters. The van der Waals surface area contributed by atoms with Crippen molar-refractivity contribution in [2.24, 2.45) is 0 Å². The smallest absolute Gasteiger partial charge is 0.310 e. The van der Waals surface area contributed by atoms with E-state index >= 15 is 0 Å². The quantitative estimate of drug-likeness (QED) is 0.372. The molecule has 4 heteroatoms. The van der Waals surface area contributed by atoms with E-state index in [1.807, 2.05) is 0 Å². The molecule has 0 bridgehead atoms. The Labute approximate surface area is 46.8 Å². The monoisotopic (exact) mass is 120 g/mol. The van der Waals surface area contributed by atoms with Crippen LogP contribution in [0.25, 0.3) is 0 Å². The van der Waals surface area contributed by atoms with Crippen LogP contribution in [0.4, 0.5) is 0 Å². The molecule has 0 saturated carbocycles. The molecule has 0 aliphatic rings. The molecule has 0 heterocycles. The third-order valence-corrected chi connectivity index (χ3v) is 0.258. The maximum atomic E-state index is 9.37. The van der Waals surface area contributed by atoms with Crippen LogP contribution in [0.1, 0.15) is 6.42 Å². The first kappa shape index (κ1) is 10.2. The van der Waals surface area contributed by atoms with Crippen molar-refractivity contribution in [2.75, 3.05) is 7.11 Å². The van der Waals surface area contributed by atoms with Crippen LogP contribution in [-0.2, 0) is 9.59 Å². The van der Waals surface area contributed by atoms with E-state index in [-0.39, 0.29) is 6.42 Å². The number of hydrogen-bond donors (Lipinski definition) is 2. The van der Waals surface area contributed by atoms with Gasteiger partial charge in [0, 0.05) is 7.11 Å². The van der Waals surface area contributed by atoms with Crippen molar-refractivity contribution in [3.8, 4) is 0 Å². The molecule has 0 aliphatic carbocycles. The first-order chi connectivity index (χ1) is 3.77. The fraction of sp³-hybridized carbons (Fsp3) is 0.500. The predicted molar refractivity (Wildman–Crippen MR) is 26.5 cm³/mol. The van der Waals surface area contributed by atoms with Gasteiger partial charge in [0.2, 0.25) is 0 Å². The molecule has 4 nitrogen and oxygen atoms in total. The fourth-order valence-corrected chi connectivity index (χ4v) is 0.0713. The molecule has 0 aromatic rings. The maximum absolute atomic E-state index is 9.37. The molecule has 0 fully saturated rings. The number of carbonyl (C=O) groups excluding carboxylic acids is 1. The van der Waals surface area contributed by atoms with Crippen molar-refractivity contribution in [3.05, 3.63) is 0 Å². The molecule has 0 amide bonds. The van der Waals surface area contributed by atoms with E-state index in [0.29, 0.717) is 6.29 Å². The average molecular weight is 120 g/mol. The molecule has 0 aromatic heterocycles. The first-order valence-electron chi connectivity index (χ1n) is 1.87. The Balaban J connectivity index is 0. The lowest BCUT2D eigenvalue weighted by atomic mass is 10.5. The molecule has 0 radical (unpaired) electrons. The zero-order valence-corrected chi connectivity index (χ0v) is 4.50. The molecule has 0 aliphatic heterocycles. The van der Waals surface area contributed by atoms with Crippen LogP contribution < -0.4 is 0 Å². The minimum absolute atomic E-state index is 0.350. The summed E-state index contributed by atoms with van der Waals surface area (Å²) in [5.41, 5.74) is 0. The summed E-state index contributed by atoms with van der Waals surface area (Å²) in [6, 6.07) is 0. The number of aldehydes is 1. The van der Waals surface area contributed by atoms with Crippen molar-refractivity contribution in [1.82, 2.24) is 0 Å². The second-order valence-electron chi connectivity index (χ2n) is 0.765. The van der Waals surface area contributed by atoms with Gasteiger partial charge in [0.1, 0.15) is 12.7 Å². The van der Waals surface area contributed by atoms with E-state index in [0.717, 1.165) is 7.11 Å². The van der Waals surface area contributed by atoms with Crippen LogP contribution in [0.2, 0.25) is 0 Å². The molecule has 2 N–H and O–H groups in total.